The zero-order valence-corrected chi connectivity index (χ0v) is 12.5. The van der Waals surface area contributed by atoms with Gasteiger partial charge in [0.2, 0.25) is 0 Å². The highest BCUT2D eigenvalue weighted by Gasteiger charge is 2.04. The number of benzene rings is 1. The van der Waals surface area contributed by atoms with Gasteiger partial charge >= 0.3 is 0 Å². The van der Waals surface area contributed by atoms with Gasteiger partial charge in [0, 0.05) is 19.2 Å². The van der Waals surface area contributed by atoms with E-state index in [1.807, 2.05) is 12.3 Å². The maximum Gasteiger partial charge on any atom is 0.143 e. The maximum atomic E-state index is 4.55. The number of rotatable bonds is 5. The minimum atomic E-state index is 0.874. The van der Waals surface area contributed by atoms with E-state index in [-0.39, 0.29) is 0 Å². The second kappa shape index (κ2) is 6.68. The van der Waals surface area contributed by atoms with Crippen LogP contribution >= 0.6 is 22.6 Å². The first-order valence-electron chi connectivity index (χ1n) is 6.09. The molecule has 0 amide bonds. The van der Waals surface area contributed by atoms with Crippen LogP contribution in [0.3, 0.4) is 0 Å². The molecule has 3 nitrogen and oxygen atoms in total. The van der Waals surface area contributed by atoms with Crippen molar-refractivity contribution in [2.24, 2.45) is 0 Å². The fraction of sp³-hybridized carbons (Fsp3) is 0.286. The van der Waals surface area contributed by atoms with E-state index < -0.39 is 0 Å². The molecule has 0 aliphatic carbocycles. The SMILES string of the molecule is CCNc1nc(CCc2ccccc2)ncc1I. The number of aryl methyl sites for hydroxylation is 2. The van der Waals surface area contributed by atoms with Gasteiger partial charge in [0.15, 0.2) is 0 Å². The molecule has 94 valence electrons. The molecule has 18 heavy (non-hydrogen) atoms. The predicted molar refractivity (Wildman–Crippen MR) is 82.8 cm³/mol. The number of nitrogens with zero attached hydrogens (tertiary/aromatic N) is 2. The molecule has 0 fully saturated rings. The van der Waals surface area contributed by atoms with Crippen molar-refractivity contribution >= 4 is 28.4 Å². The number of aromatic nitrogens is 2. The summed E-state index contributed by atoms with van der Waals surface area (Å²) in [5.41, 5.74) is 1.32. The largest absolute Gasteiger partial charge is 0.369 e. The minimum Gasteiger partial charge on any atom is -0.369 e. The molecule has 1 aromatic heterocycles. The summed E-state index contributed by atoms with van der Waals surface area (Å²) in [4.78, 5) is 8.93. The Morgan fingerprint density at radius 2 is 1.94 bits per heavy atom. The van der Waals surface area contributed by atoms with Crippen LogP contribution in [0.15, 0.2) is 36.5 Å². The molecule has 0 saturated carbocycles. The number of hydrogen-bond donors (Lipinski definition) is 1. The molecular formula is C14H16IN3. The normalized spacial score (nSPS) is 10.3. The Hall–Kier alpha value is -1.17. The quantitative estimate of drug-likeness (QED) is 0.839. The van der Waals surface area contributed by atoms with E-state index in [1.54, 1.807) is 0 Å². The smallest absolute Gasteiger partial charge is 0.143 e. The van der Waals surface area contributed by atoms with Crippen LogP contribution in [0.5, 0.6) is 0 Å². The summed E-state index contributed by atoms with van der Waals surface area (Å²) in [7, 11) is 0. The summed E-state index contributed by atoms with van der Waals surface area (Å²) in [6, 6.07) is 10.4. The highest BCUT2D eigenvalue weighted by Crippen LogP contribution is 2.14. The summed E-state index contributed by atoms with van der Waals surface area (Å²) >= 11 is 2.25. The van der Waals surface area contributed by atoms with E-state index in [1.165, 1.54) is 5.56 Å². The second-order valence-corrected chi connectivity index (χ2v) is 5.16. The Bertz CT molecular complexity index is 500. The zero-order valence-electron chi connectivity index (χ0n) is 10.4. The highest BCUT2D eigenvalue weighted by atomic mass is 127. The van der Waals surface area contributed by atoms with Gasteiger partial charge in [-0.1, -0.05) is 30.3 Å². The van der Waals surface area contributed by atoms with Crippen molar-refractivity contribution < 1.29 is 0 Å². The van der Waals surface area contributed by atoms with E-state index in [4.69, 9.17) is 0 Å². The predicted octanol–water partition coefficient (Wildman–Crippen LogP) is 3.30. The molecule has 4 heteroatoms. The van der Waals surface area contributed by atoms with Gasteiger partial charge in [0.05, 0.1) is 3.57 Å². The lowest BCUT2D eigenvalue weighted by Crippen LogP contribution is -2.06. The monoisotopic (exact) mass is 353 g/mol. The van der Waals surface area contributed by atoms with Crippen LogP contribution in [-0.2, 0) is 12.8 Å². The van der Waals surface area contributed by atoms with Gasteiger partial charge in [-0.2, -0.15) is 0 Å². The average molecular weight is 353 g/mol. The minimum absolute atomic E-state index is 0.874. The van der Waals surface area contributed by atoms with Crippen molar-refractivity contribution in [2.45, 2.75) is 19.8 Å². The lowest BCUT2D eigenvalue weighted by molar-refractivity contribution is 0.854. The molecule has 0 aliphatic heterocycles. The first-order valence-corrected chi connectivity index (χ1v) is 7.16. The molecule has 0 saturated heterocycles. The van der Waals surface area contributed by atoms with Crippen LogP contribution in [0.1, 0.15) is 18.3 Å². The molecule has 0 unspecified atom stereocenters. The van der Waals surface area contributed by atoms with E-state index in [0.717, 1.165) is 34.6 Å². The van der Waals surface area contributed by atoms with Gasteiger partial charge in [-0.25, -0.2) is 9.97 Å². The van der Waals surface area contributed by atoms with Crippen LogP contribution in [0.2, 0.25) is 0 Å². The number of nitrogens with one attached hydrogen (secondary N) is 1. The summed E-state index contributed by atoms with van der Waals surface area (Å²) in [6.07, 6.45) is 3.73. The van der Waals surface area contributed by atoms with Crippen molar-refractivity contribution in [1.29, 1.82) is 0 Å². The van der Waals surface area contributed by atoms with Crippen molar-refractivity contribution in [3.63, 3.8) is 0 Å². The first kappa shape index (κ1) is 13.3. The fourth-order valence-corrected chi connectivity index (χ4v) is 2.17. The van der Waals surface area contributed by atoms with Crippen LogP contribution in [0, 0.1) is 3.57 Å². The molecule has 1 N–H and O–H groups in total. The summed E-state index contributed by atoms with van der Waals surface area (Å²) < 4.78 is 1.07. The Kier molecular flexibility index (Phi) is 4.92. The third-order valence-corrected chi connectivity index (χ3v) is 3.41. The standard InChI is InChI=1S/C14H16IN3/c1-2-16-14-12(15)10-17-13(18-14)9-8-11-6-4-3-5-7-11/h3-7,10H,2,8-9H2,1H3,(H,16,17,18). The molecule has 0 aliphatic rings. The topological polar surface area (TPSA) is 37.8 Å². The second-order valence-electron chi connectivity index (χ2n) is 4.00. The average Bonchev–Trinajstić information content (AvgIpc) is 2.41. The maximum absolute atomic E-state index is 4.55. The third kappa shape index (κ3) is 3.66. The van der Waals surface area contributed by atoms with Crippen molar-refractivity contribution in [3.05, 3.63) is 51.5 Å². The van der Waals surface area contributed by atoms with Crippen molar-refractivity contribution in [2.75, 3.05) is 11.9 Å². The third-order valence-electron chi connectivity index (χ3n) is 2.62. The number of halogens is 1. The van der Waals surface area contributed by atoms with E-state index in [9.17, 15) is 0 Å². The van der Waals surface area contributed by atoms with E-state index in [2.05, 4.69) is 69.1 Å². The molecule has 2 rings (SSSR count). The van der Waals surface area contributed by atoms with Crippen molar-refractivity contribution in [1.82, 2.24) is 9.97 Å². The number of anilines is 1. The number of hydrogen-bond acceptors (Lipinski definition) is 3. The molecule has 0 atom stereocenters. The van der Waals surface area contributed by atoms with E-state index in [0.29, 0.717) is 0 Å². The fourth-order valence-electron chi connectivity index (χ4n) is 1.72. The van der Waals surface area contributed by atoms with Crippen molar-refractivity contribution in [3.8, 4) is 0 Å². The van der Waals surface area contributed by atoms with Crippen LogP contribution < -0.4 is 5.32 Å². The molecule has 0 radical (unpaired) electrons. The molecule has 1 aromatic carbocycles. The lowest BCUT2D eigenvalue weighted by atomic mass is 10.1. The summed E-state index contributed by atoms with van der Waals surface area (Å²) in [6.45, 7) is 2.95. The molecule has 0 spiro atoms. The van der Waals surface area contributed by atoms with Gasteiger partial charge in [-0.3, -0.25) is 0 Å². The molecule has 2 aromatic rings. The Balaban J connectivity index is 2.03. The van der Waals surface area contributed by atoms with E-state index >= 15 is 0 Å². The van der Waals surface area contributed by atoms with Gasteiger partial charge < -0.3 is 5.32 Å². The van der Waals surface area contributed by atoms with Gasteiger partial charge in [-0.05, 0) is 41.5 Å². The first-order chi connectivity index (χ1) is 8.79. The van der Waals surface area contributed by atoms with Gasteiger partial charge in [-0.15, -0.1) is 0 Å². The zero-order chi connectivity index (χ0) is 12.8. The van der Waals surface area contributed by atoms with Crippen LogP contribution in [-0.4, -0.2) is 16.5 Å². The van der Waals surface area contributed by atoms with Crippen LogP contribution in [0.25, 0.3) is 0 Å². The summed E-state index contributed by atoms with van der Waals surface area (Å²) in [5, 5.41) is 3.26. The van der Waals surface area contributed by atoms with Crippen LogP contribution in [0.4, 0.5) is 5.82 Å². The van der Waals surface area contributed by atoms with Gasteiger partial charge in [0.25, 0.3) is 0 Å². The Morgan fingerprint density at radius 3 is 2.67 bits per heavy atom. The Labute approximate surface area is 121 Å². The molecule has 0 bridgehead atoms. The van der Waals surface area contributed by atoms with Gasteiger partial charge in [0.1, 0.15) is 11.6 Å². The Morgan fingerprint density at radius 1 is 1.17 bits per heavy atom. The highest BCUT2D eigenvalue weighted by molar-refractivity contribution is 14.1. The molecule has 1 heterocycles. The molecular weight excluding hydrogens is 337 g/mol. The lowest BCUT2D eigenvalue weighted by Gasteiger charge is -2.07. The summed E-state index contributed by atoms with van der Waals surface area (Å²) in [5.74, 6) is 1.84.